The third-order valence-corrected chi connectivity index (χ3v) is 6.47. The number of anilines is 1. The van der Waals surface area contributed by atoms with Gasteiger partial charge in [0.15, 0.2) is 5.13 Å². The SMILES string of the molecule is CC(C)(C)c1ccc(S(=O)(=O)NCc2ccc(C(=O)Nc3nccs3)cc2)cc1. The minimum absolute atomic E-state index is 0.0384. The average molecular weight is 430 g/mol. The minimum atomic E-state index is -3.62. The molecule has 0 saturated carbocycles. The lowest BCUT2D eigenvalue weighted by Crippen LogP contribution is -2.23. The van der Waals surface area contributed by atoms with Crippen molar-refractivity contribution in [3.63, 3.8) is 0 Å². The molecule has 0 atom stereocenters. The Balaban J connectivity index is 1.62. The quantitative estimate of drug-likeness (QED) is 0.615. The van der Waals surface area contributed by atoms with Crippen LogP contribution >= 0.6 is 11.3 Å². The molecule has 3 aromatic rings. The van der Waals surface area contributed by atoms with Gasteiger partial charge in [-0.3, -0.25) is 10.1 Å². The smallest absolute Gasteiger partial charge is 0.257 e. The van der Waals surface area contributed by atoms with E-state index in [1.165, 1.54) is 11.3 Å². The van der Waals surface area contributed by atoms with E-state index in [-0.39, 0.29) is 22.8 Å². The number of nitrogens with zero attached hydrogens (tertiary/aromatic N) is 1. The van der Waals surface area contributed by atoms with Crippen LogP contribution in [-0.2, 0) is 22.0 Å². The second-order valence-electron chi connectivity index (χ2n) is 7.59. The number of hydrogen-bond donors (Lipinski definition) is 2. The molecule has 152 valence electrons. The molecule has 0 aliphatic carbocycles. The third-order valence-electron chi connectivity index (χ3n) is 4.37. The summed E-state index contributed by atoms with van der Waals surface area (Å²) in [5.74, 6) is -0.258. The normalized spacial score (nSPS) is 12.0. The Morgan fingerprint density at radius 1 is 1.03 bits per heavy atom. The molecule has 0 bridgehead atoms. The highest BCUT2D eigenvalue weighted by Crippen LogP contribution is 2.23. The Morgan fingerprint density at radius 3 is 2.24 bits per heavy atom. The van der Waals surface area contributed by atoms with Crippen molar-refractivity contribution in [3.05, 3.63) is 76.8 Å². The molecule has 6 nitrogen and oxygen atoms in total. The fourth-order valence-corrected chi connectivity index (χ4v) is 4.17. The van der Waals surface area contributed by atoms with Gasteiger partial charge in [-0.1, -0.05) is 45.0 Å². The molecule has 1 amide bonds. The lowest BCUT2D eigenvalue weighted by Gasteiger charge is -2.19. The van der Waals surface area contributed by atoms with Gasteiger partial charge in [-0.25, -0.2) is 18.1 Å². The van der Waals surface area contributed by atoms with Crippen molar-refractivity contribution in [2.45, 2.75) is 37.6 Å². The number of carbonyl (C=O) groups excluding carboxylic acids is 1. The molecular weight excluding hydrogens is 406 g/mol. The Hall–Kier alpha value is -2.55. The summed E-state index contributed by atoms with van der Waals surface area (Å²) >= 11 is 1.34. The molecule has 8 heteroatoms. The lowest BCUT2D eigenvalue weighted by atomic mass is 9.87. The molecule has 2 N–H and O–H groups in total. The van der Waals surface area contributed by atoms with E-state index in [1.54, 1.807) is 48.0 Å². The molecule has 0 fully saturated rings. The van der Waals surface area contributed by atoms with Crippen LogP contribution in [0.3, 0.4) is 0 Å². The predicted octanol–water partition coefficient (Wildman–Crippen LogP) is 4.17. The fourth-order valence-electron chi connectivity index (χ4n) is 2.62. The molecule has 0 aliphatic rings. The van der Waals surface area contributed by atoms with Gasteiger partial charge in [-0.15, -0.1) is 11.3 Å². The standard InChI is InChI=1S/C21H23N3O3S2/c1-21(2,3)17-8-10-18(11-9-17)29(26,27)23-14-15-4-6-16(7-5-15)19(25)24-20-22-12-13-28-20/h4-13,23H,14H2,1-3H3,(H,22,24,25). The van der Waals surface area contributed by atoms with Gasteiger partial charge in [-0.05, 0) is 40.8 Å². The second kappa shape index (κ2) is 8.44. The monoisotopic (exact) mass is 429 g/mol. The molecule has 0 spiro atoms. The zero-order chi connectivity index (χ0) is 21.1. The molecule has 29 heavy (non-hydrogen) atoms. The summed E-state index contributed by atoms with van der Waals surface area (Å²) in [6.07, 6.45) is 1.62. The highest BCUT2D eigenvalue weighted by Gasteiger charge is 2.17. The van der Waals surface area contributed by atoms with E-state index < -0.39 is 10.0 Å². The molecule has 0 radical (unpaired) electrons. The summed E-state index contributed by atoms with van der Waals surface area (Å²) in [7, 11) is -3.62. The number of amides is 1. The van der Waals surface area contributed by atoms with Gasteiger partial charge in [-0.2, -0.15) is 0 Å². The van der Waals surface area contributed by atoms with Crippen molar-refractivity contribution < 1.29 is 13.2 Å². The van der Waals surface area contributed by atoms with Crippen LogP contribution in [0.1, 0.15) is 42.3 Å². The maximum atomic E-state index is 12.5. The van der Waals surface area contributed by atoms with Crippen molar-refractivity contribution in [3.8, 4) is 0 Å². The van der Waals surface area contributed by atoms with E-state index >= 15 is 0 Å². The van der Waals surface area contributed by atoms with Crippen LogP contribution < -0.4 is 10.0 Å². The van der Waals surface area contributed by atoms with Crippen LogP contribution in [0.25, 0.3) is 0 Å². The number of hydrogen-bond acceptors (Lipinski definition) is 5. The van der Waals surface area contributed by atoms with Gasteiger partial charge in [0.1, 0.15) is 0 Å². The highest BCUT2D eigenvalue weighted by atomic mass is 32.2. The van der Waals surface area contributed by atoms with Gasteiger partial charge < -0.3 is 0 Å². The zero-order valence-electron chi connectivity index (χ0n) is 16.5. The molecule has 3 rings (SSSR count). The van der Waals surface area contributed by atoms with Crippen molar-refractivity contribution >= 4 is 32.4 Å². The number of carbonyl (C=O) groups is 1. The number of thiazole rings is 1. The molecule has 0 aliphatic heterocycles. The van der Waals surface area contributed by atoms with Crippen LogP contribution in [0.2, 0.25) is 0 Å². The van der Waals surface area contributed by atoms with Gasteiger partial charge in [0, 0.05) is 23.7 Å². The summed E-state index contributed by atoms with van der Waals surface area (Å²) in [4.78, 5) is 16.4. The predicted molar refractivity (Wildman–Crippen MR) is 116 cm³/mol. The maximum Gasteiger partial charge on any atom is 0.257 e. The van der Waals surface area contributed by atoms with E-state index in [0.717, 1.165) is 11.1 Å². The summed E-state index contributed by atoms with van der Waals surface area (Å²) in [5.41, 5.74) is 2.27. The molecule has 2 aromatic carbocycles. The van der Waals surface area contributed by atoms with Gasteiger partial charge in [0.25, 0.3) is 5.91 Å². The number of benzene rings is 2. The van der Waals surface area contributed by atoms with E-state index in [2.05, 4.69) is 35.8 Å². The van der Waals surface area contributed by atoms with Gasteiger partial charge in [0.05, 0.1) is 4.90 Å². The topological polar surface area (TPSA) is 88.2 Å². The van der Waals surface area contributed by atoms with Crippen LogP contribution in [0, 0.1) is 0 Å². The van der Waals surface area contributed by atoms with E-state index in [4.69, 9.17) is 0 Å². The Morgan fingerprint density at radius 2 is 1.69 bits per heavy atom. The zero-order valence-corrected chi connectivity index (χ0v) is 18.1. The number of sulfonamides is 1. The van der Waals surface area contributed by atoms with Crippen LogP contribution in [0.4, 0.5) is 5.13 Å². The van der Waals surface area contributed by atoms with Crippen molar-refractivity contribution in [2.75, 3.05) is 5.32 Å². The lowest BCUT2D eigenvalue weighted by molar-refractivity contribution is 0.102. The summed E-state index contributed by atoms with van der Waals surface area (Å²) < 4.78 is 27.7. The third kappa shape index (κ3) is 5.50. The van der Waals surface area contributed by atoms with E-state index in [9.17, 15) is 13.2 Å². The van der Waals surface area contributed by atoms with Crippen LogP contribution in [0.15, 0.2) is 65.0 Å². The Labute approximate surface area is 175 Å². The molecular formula is C21H23N3O3S2. The Bertz CT molecular complexity index is 1070. The molecule has 0 saturated heterocycles. The van der Waals surface area contributed by atoms with Crippen LogP contribution in [0.5, 0.6) is 0 Å². The first kappa shape index (κ1) is 21.2. The number of rotatable bonds is 6. The highest BCUT2D eigenvalue weighted by molar-refractivity contribution is 7.89. The minimum Gasteiger partial charge on any atom is -0.298 e. The van der Waals surface area contributed by atoms with Gasteiger partial charge in [0.2, 0.25) is 10.0 Å². The summed E-state index contributed by atoms with van der Waals surface area (Å²) in [6, 6.07) is 13.7. The van der Waals surface area contributed by atoms with Crippen LogP contribution in [-0.4, -0.2) is 19.3 Å². The molecule has 1 aromatic heterocycles. The first-order valence-electron chi connectivity index (χ1n) is 9.05. The first-order chi connectivity index (χ1) is 13.6. The Kier molecular flexibility index (Phi) is 6.16. The molecule has 0 unspecified atom stereocenters. The summed E-state index contributed by atoms with van der Waals surface area (Å²) in [6.45, 7) is 6.37. The number of nitrogens with one attached hydrogen (secondary N) is 2. The van der Waals surface area contributed by atoms with Crippen molar-refractivity contribution in [1.29, 1.82) is 0 Å². The second-order valence-corrected chi connectivity index (χ2v) is 10.2. The maximum absolute atomic E-state index is 12.5. The first-order valence-corrected chi connectivity index (χ1v) is 11.4. The fraction of sp³-hybridized carbons (Fsp3) is 0.238. The van der Waals surface area contributed by atoms with E-state index in [1.807, 2.05) is 12.1 Å². The largest absolute Gasteiger partial charge is 0.298 e. The summed E-state index contributed by atoms with van der Waals surface area (Å²) in [5, 5.41) is 5.02. The van der Waals surface area contributed by atoms with Crippen molar-refractivity contribution in [1.82, 2.24) is 9.71 Å². The average Bonchev–Trinajstić information content (AvgIpc) is 3.19. The van der Waals surface area contributed by atoms with Gasteiger partial charge >= 0.3 is 0 Å². The number of aromatic nitrogens is 1. The van der Waals surface area contributed by atoms with Crippen molar-refractivity contribution in [2.24, 2.45) is 0 Å². The van der Waals surface area contributed by atoms with E-state index in [0.29, 0.717) is 10.7 Å². The molecule has 1 heterocycles.